The second-order valence-electron chi connectivity index (χ2n) is 18.6. The zero-order chi connectivity index (χ0) is 48.8. The van der Waals surface area contributed by atoms with E-state index in [9.17, 15) is 19.6 Å². The number of aryl methyl sites for hydroxylation is 1. The van der Waals surface area contributed by atoms with Crippen molar-refractivity contribution in [1.29, 1.82) is 0 Å². The van der Waals surface area contributed by atoms with Crippen molar-refractivity contribution in [2.75, 3.05) is 87.5 Å². The van der Waals surface area contributed by atoms with E-state index in [-0.39, 0.29) is 49.2 Å². The van der Waals surface area contributed by atoms with Crippen LogP contribution in [0.4, 0.5) is 8.63 Å². The number of allylic oxidation sites excluding steroid dienone is 2. The number of rotatable bonds is 29. The quantitative estimate of drug-likeness (QED) is 0.0177. The number of fused-ring (bicyclic) bond motifs is 2. The molecule has 0 saturated carbocycles. The van der Waals surface area contributed by atoms with Gasteiger partial charge in [0.2, 0.25) is 5.91 Å². The van der Waals surface area contributed by atoms with Crippen molar-refractivity contribution in [1.82, 2.24) is 20.2 Å². The molecule has 20 heteroatoms. The topological polar surface area (TPSA) is 160 Å². The Hall–Kier alpha value is -4.93. The first-order valence-corrected chi connectivity index (χ1v) is 24.4. The molecule has 3 N–H and O–H groups in total. The van der Waals surface area contributed by atoms with Gasteiger partial charge < -0.3 is 52.3 Å². The minimum absolute atomic E-state index is 0.0214. The zero-order valence-corrected chi connectivity index (χ0v) is 41.0. The van der Waals surface area contributed by atoms with E-state index < -0.39 is 13.0 Å². The normalized spacial score (nSPS) is 16.4. The second-order valence-corrected chi connectivity index (χ2v) is 19.3. The zero-order valence-electron chi connectivity index (χ0n) is 40.2. The van der Waals surface area contributed by atoms with Crippen LogP contribution in [0.15, 0.2) is 71.9 Å². The van der Waals surface area contributed by atoms with E-state index in [1.807, 2.05) is 12.1 Å². The molecule has 3 aliphatic heterocycles. The highest BCUT2D eigenvalue weighted by atomic mass is 32.2. The van der Waals surface area contributed by atoms with Crippen molar-refractivity contribution in [3.8, 4) is 22.8 Å². The number of methoxy groups -OCH3 is 2. The third kappa shape index (κ3) is 13.9. The first-order chi connectivity index (χ1) is 32.6. The lowest BCUT2D eigenvalue weighted by molar-refractivity contribution is -0.878. The number of likely N-dealkylation sites (N-methyl/N-ethyl adjacent to an activating group) is 1. The van der Waals surface area contributed by atoms with Gasteiger partial charge in [-0.2, -0.15) is 9.40 Å². The van der Waals surface area contributed by atoms with Crippen LogP contribution in [0, 0.1) is 0 Å². The lowest BCUT2D eigenvalue weighted by atomic mass is 9.87. The number of quaternary nitrogens is 2. The van der Waals surface area contributed by atoms with E-state index in [1.54, 1.807) is 68.8 Å². The van der Waals surface area contributed by atoms with E-state index in [0.717, 1.165) is 83.4 Å². The highest BCUT2D eigenvalue weighted by Gasteiger charge is 2.55. The minimum Gasteiger partial charge on any atom is -0.691 e. The molecule has 3 aromatic rings. The minimum atomic E-state index is -4.46. The summed E-state index contributed by atoms with van der Waals surface area (Å²) in [5, 5.41) is 21.5. The van der Waals surface area contributed by atoms with E-state index in [1.165, 1.54) is 9.38 Å². The Kier molecular flexibility index (Phi) is 19.0. The maximum absolute atomic E-state index is 17.8. The Labute approximate surface area is 402 Å². The molecule has 0 radical (unpaired) electrons. The number of amides is 3. The standard InChI is InChI=1S/C48H66BF2N7O9S/c1-54(26-9-7-8-10-29-65-57-47(60)23-24-48(57)61)27-25-52-33-39(34-68-67-66-62)53-46(59)22-17-38-31-43(36-15-20-41(64-6)21-16-36)56-45(38)32-44-37(12-11-28-58(2,3)4)30-42(55(44)49(56,50)51)35-13-18-40(63-5)19-14-35/h13-16,18-21,30-32,39,52H,7-12,17,22-29,33-34H2,1-6H3,(H-,53,59,62)/p+1. The SMILES string of the molecule is COc1ccc(C2=[N+]3C(=Cc4c(CCC[N+](C)(C)C)cc(-c5ccc(OC)cc5)n4[B-]3(F)F)C(CCC(=O)NC(CNCC[NH+](C)CCCCCCON3C(=O)CCC3=O)CSOO[O-])=C2)cc1. The van der Waals surface area contributed by atoms with Crippen molar-refractivity contribution >= 4 is 48.5 Å². The van der Waals surface area contributed by atoms with Gasteiger partial charge in [0.1, 0.15) is 11.5 Å². The summed E-state index contributed by atoms with van der Waals surface area (Å²) < 4.78 is 53.9. The summed E-state index contributed by atoms with van der Waals surface area (Å²) in [4.78, 5) is 43.7. The molecule has 4 heterocycles. The van der Waals surface area contributed by atoms with Crippen LogP contribution < -0.4 is 30.3 Å². The molecule has 68 heavy (non-hydrogen) atoms. The van der Waals surface area contributed by atoms with Crippen LogP contribution in [0.3, 0.4) is 0 Å². The molecular formula is C48H67BF2N7O9S+. The second kappa shape index (κ2) is 24.6. The van der Waals surface area contributed by atoms with Crippen molar-refractivity contribution in [2.45, 2.75) is 70.3 Å². The fourth-order valence-corrected chi connectivity index (χ4v) is 9.27. The van der Waals surface area contributed by atoms with Crippen LogP contribution in [-0.4, -0.2) is 142 Å². The molecule has 2 unspecified atom stereocenters. The molecule has 1 aromatic heterocycles. The molecule has 0 aliphatic carbocycles. The Bertz CT molecular complexity index is 2290. The number of halogens is 2. The fraction of sp³-hybridized carbons (Fsp3) is 0.500. The predicted molar refractivity (Wildman–Crippen MR) is 255 cm³/mol. The highest BCUT2D eigenvalue weighted by molar-refractivity contribution is 7.94. The average Bonchev–Trinajstić information content (AvgIpc) is 3.99. The monoisotopic (exact) mass is 966 g/mol. The maximum atomic E-state index is 17.8. The Morgan fingerprint density at radius 2 is 1.57 bits per heavy atom. The molecule has 2 aromatic carbocycles. The van der Waals surface area contributed by atoms with Crippen molar-refractivity contribution in [2.24, 2.45) is 0 Å². The number of carbonyl (C=O) groups excluding carboxylic acids is 3. The third-order valence-electron chi connectivity index (χ3n) is 12.4. The smallest absolute Gasteiger partial charge is 0.691 e. The van der Waals surface area contributed by atoms with E-state index in [2.05, 4.69) is 48.2 Å². The lowest BCUT2D eigenvalue weighted by Gasteiger charge is -2.32. The van der Waals surface area contributed by atoms with E-state index in [4.69, 9.17) is 14.3 Å². The van der Waals surface area contributed by atoms with Crippen LogP contribution in [0.1, 0.15) is 74.6 Å². The predicted octanol–water partition coefficient (Wildman–Crippen LogP) is 3.71. The van der Waals surface area contributed by atoms with Crippen LogP contribution in [0.2, 0.25) is 0 Å². The van der Waals surface area contributed by atoms with Gasteiger partial charge in [0.25, 0.3) is 11.8 Å². The lowest BCUT2D eigenvalue weighted by Crippen LogP contribution is -3.09. The molecule has 16 nitrogen and oxygen atoms in total. The fourth-order valence-electron chi connectivity index (χ4n) is 8.81. The third-order valence-corrected chi connectivity index (χ3v) is 13.1. The number of benzene rings is 2. The summed E-state index contributed by atoms with van der Waals surface area (Å²) in [6, 6.07) is 15.7. The number of nitrogens with zero attached hydrogens (tertiary/aromatic N) is 4. The molecule has 3 aliphatic rings. The Balaban J connectivity index is 1.12. The number of nitrogens with one attached hydrogen (secondary N) is 3. The van der Waals surface area contributed by atoms with Gasteiger partial charge in [-0.1, -0.05) is 6.42 Å². The number of carbonyl (C=O) groups is 3. The van der Waals surface area contributed by atoms with Crippen molar-refractivity contribution < 1.29 is 65.8 Å². The van der Waals surface area contributed by atoms with E-state index in [0.29, 0.717) is 77.1 Å². The maximum Gasteiger partial charge on any atom is 0.737 e. The number of unbranched alkanes of at least 4 members (excludes halogenated alkanes) is 3. The number of ether oxygens (including phenoxy) is 2. The molecule has 0 bridgehead atoms. The van der Waals surface area contributed by atoms with Crippen LogP contribution >= 0.6 is 12.0 Å². The summed E-state index contributed by atoms with van der Waals surface area (Å²) in [6.07, 6.45) is 9.36. The van der Waals surface area contributed by atoms with Crippen LogP contribution in [0.25, 0.3) is 17.3 Å². The van der Waals surface area contributed by atoms with Crippen molar-refractivity contribution in [3.05, 3.63) is 88.8 Å². The molecule has 0 spiro atoms. The summed E-state index contributed by atoms with van der Waals surface area (Å²) in [6.45, 7) is -0.405. The Morgan fingerprint density at radius 3 is 2.22 bits per heavy atom. The first kappa shape index (κ1) is 52.4. The van der Waals surface area contributed by atoms with Gasteiger partial charge in [0.15, 0.2) is 11.4 Å². The van der Waals surface area contributed by atoms with Crippen LogP contribution in [0.5, 0.6) is 11.5 Å². The van der Waals surface area contributed by atoms with Gasteiger partial charge in [-0.15, -0.1) is 0 Å². The highest BCUT2D eigenvalue weighted by Crippen LogP contribution is 2.42. The number of aromatic nitrogens is 1. The van der Waals surface area contributed by atoms with Gasteiger partial charge in [-0.05, 0) is 97.8 Å². The summed E-state index contributed by atoms with van der Waals surface area (Å²) >= 11 is 0.786. The van der Waals surface area contributed by atoms with Crippen LogP contribution in [-0.2, 0) is 35.0 Å². The molecule has 370 valence electrons. The summed E-state index contributed by atoms with van der Waals surface area (Å²) in [5.74, 6) is 0.618. The van der Waals surface area contributed by atoms with Gasteiger partial charge in [-0.25, -0.2) is 0 Å². The number of hydrogen-bond donors (Lipinski definition) is 3. The number of hydroxylamine groups is 2. The molecular weight excluding hydrogens is 899 g/mol. The van der Waals surface area contributed by atoms with Crippen molar-refractivity contribution in [3.63, 3.8) is 0 Å². The number of hydrogen-bond acceptors (Lipinski definition) is 11. The molecule has 2 atom stereocenters. The molecule has 3 amide bonds. The van der Waals surface area contributed by atoms with Gasteiger partial charge >= 0.3 is 6.97 Å². The number of imide groups is 1. The average molecular weight is 967 g/mol. The largest absolute Gasteiger partial charge is 0.737 e. The Morgan fingerprint density at radius 1 is 0.912 bits per heavy atom. The molecule has 1 fully saturated rings. The molecule has 1 saturated heterocycles. The first-order valence-electron chi connectivity index (χ1n) is 23.5. The summed E-state index contributed by atoms with van der Waals surface area (Å²) in [5.41, 5.74) is 4.21. The van der Waals surface area contributed by atoms with E-state index >= 15 is 8.63 Å². The van der Waals surface area contributed by atoms with Gasteiger partial charge in [0, 0.05) is 91.2 Å². The van der Waals surface area contributed by atoms with Gasteiger partial charge in [0.05, 0.1) is 74.7 Å². The molecule has 6 rings (SSSR count). The summed E-state index contributed by atoms with van der Waals surface area (Å²) in [7, 11) is 11.6. The van der Waals surface area contributed by atoms with Gasteiger partial charge in [-0.3, -0.25) is 24.3 Å².